The van der Waals surface area contributed by atoms with E-state index in [1.165, 1.54) is 24.3 Å². The summed E-state index contributed by atoms with van der Waals surface area (Å²) in [6, 6.07) is 7.19. The number of halogens is 1. The molecule has 1 atom stereocenters. The van der Waals surface area contributed by atoms with E-state index >= 15 is 0 Å². The van der Waals surface area contributed by atoms with E-state index in [0.717, 1.165) is 17.8 Å². The predicted octanol–water partition coefficient (Wildman–Crippen LogP) is 3.68. The predicted molar refractivity (Wildman–Crippen MR) is 115 cm³/mol. The Morgan fingerprint density at radius 1 is 1.33 bits per heavy atom. The first-order valence-electron chi connectivity index (χ1n) is 9.28. The monoisotopic (exact) mass is 472 g/mol. The first kappa shape index (κ1) is 22.4. The summed E-state index contributed by atoms with van der Waals surface area (Å²) in [5.74, 6) is -1.82. The van der Waals surface area contributed by atoms with Gasteiger partial charge in [-0.1, -0.05) is 11.6 Å². The first-order chi connectivity index (χ1) is 14.2. The summed E-state index contributed by atoms with van der Waals surface area (Å²) in [6.45, 7) is 2.97. The molecule has 162 valence electrons. The fraction of sp³-hybridized carbons (Fsp3) is 0.368. The molecule has 2 N–H and O–H groups in total. The molecular formula is C19H21ClN2O6S2. The lowest BCUT2D eigenvalue weighted by molar-refractivity contribution is -0.148. The number of nitrogens with one attached hydrogen (secondary N) is 1. The van der Waals surface area contributed by atoms with Crippen LogP contribution in [0.5, 0.6) is 0 Å². The van der Waals surface area contributed by atoms with Crippen LogP contribution in [0.4, 0.5) is 11.4 Å². The Hall–Kier alpha value is -2.30. The number of hydrogen-bond acceptors (Lipinski definition) is 7. The zero-order chi connectivity index (χ0) is 21.9. The normalized spacial score (nSPS) is 16.9. The van der Waals surface area contributed by atoms with E-state index in [4.69, 9.17) is 16.3 Å². The highest BCUT2D eigenvalue weighted by atomic mass is 35.5. The average molecular weight is 473 g/mol. The van der Waals surface area contributed by atoms with Gasteiger partial charge in [-0.3, -0.25) is 9.52 Å². The van der Waals surface area contributed by atoms with Gasteiger partial charge in [-0.25, -0.2) is 13.2 Å². The van der Waals surface area contributed by atoms with Crippen molar-refractivity contribution in [2.75, 3.05) is 29.3 Å². The van der Waals surface area contributed by atoms with Crippen LogP contribution < -0.4 is 9.62 Å². The third kappa shape index (κ3) is 5.05. The molecule has 0 spiro atoms. The van der Waals surface area contributed by atoms with Crippen LogP contribution in [-0.4, -0.2) is 45.2 Å². The van der Waals surface area contributed by atoms with E-state index < -0.39 is 16.0 Å². The Kier molecular flexibility index (Phi) is 6.89. The van der Waals surface area contributed by atoms with Crippen LogP contribution >= 0.6 is 22.9 Å². The minimum Gasteiger partial charge on any atom is -0.478 e. The molecule has 0 bridgehead atoms. The fourth-order valence-corrected chi connectivity index (χ4v) is 5.87. The van der Waals surface area contributed by atoms with Gasteiger partial charge in [0.25, 0.3) is 10.0 Å². The van der Waals surface area contributed by atoms with Crippen LogP contribution in [0.15, 0.2) is 34.5 Å². The van der Waals surface area contributed by atoms with Crippen molar-refractivity contribution in [3.8, 4) is 0 Å². The first-order valence-corrected chi connectivity index (χ1v) is 12.0. The second-order valence-corrected chi connectivity index (χ2v) is 10.4. The summed E-state index contributed by atoms with van der Waals surface area (Å²) >= 11 is 6.71. The third-order valence-corrected chi connectivity index (χ3v) is 7.78. The second kappa shape index (κ2) is 9.23. The smallest absolute Gasteiger partial charge is 0.337 e. The third-order valence-electron chi connectivity index (χ3n) is 4.67. The standard InChI is InChI=1S/C19H21ClN2O6S2/c1-2-28-19(25)12-4-3-9-22(11-12)15-6-5-13(10-14(15)18(23)24)21-30(26,27)17-8-7-16(20)29-17/h5-8,10,12,21H,2-4,9,11H2,1H3,(H,23,24)/t12-/m1/s1. The highest BCUT2D eigenvalue weighted by Crippen LogP contribution is 2.31. The van der Waals surface area contributed by atoms with Crippen molar-refractivity contribution >= 4 is 56.3 Å². The number of carboxylic acids is 1. The Labute approximate surface area is 183 Å². The van der Waals surface area contributed by atoms with Crippen molar-refractivity contribution in [3.63, 3.8) is 0 Å². The van der Waals surface area contributed by atoms with Gasteiger partial charge in [-0.2, -0.15) is 0 Å². The average Bonchev–Trinajstić information content (AvgIpc) is 3.15. The van der Waals surface area contributed by atoms with Crippen LogP contribution in [-0.2, 0) is 19.6 Å². The highest BCUT2D eigenvalue weighted by Gasteiger charge is 2.29. The van der Waals surface area contributed by atoms with Crippen molar-refractivity contribution in [2.24, 2.45) is 5.92 Å². The molecule has 0 saturated carbocycles. The summed E-state index contributed by atoms with van der Waals surface area (Å²) in [7, 11) is -3.88. The Morgan fingerprint density at radius 3 is 2.73 bits per heavy atom. The molecule has 1 aromatic carbocycles. The molecule has 1 aliphatic rings. The number of benzene rings is 1. The Balaban J connectivity index is 1.85. The van der Waals surface area contributed by atoms with Crippen molar-refractivity contribution in [2.45, 2.75) is 24.0 Å². The van der Waals surface area contributed by atoms with Gasteiger partial charge in [0.1, 0.15) is 4.21 Å². The van der Waals surface area contributed by atoms with Gasteiger partial charge in [0.05, 0.1) is 28.1 Å². The van der Waals surface area contributed by atoms with Crippen molar-refractivity contribution in [3.05, 3.63) is 40.2 Å². The Morgan fingerprint density at radius 2 is 2.10 bits per heavy atom. The maximum absolute atomic E-state index is 12.5. The number of aromatic carboxylic acids is 1. The van der Waals surface area contributed by atoms with Crippen LogP contribution in [0, 0.1) is 5.92 Å². The number of thiophene rings is 1. The number of sulfonamides is 1. The number of rotatable bonds is 7. The molecule has 2 aromatic rings. The van der Waals surface area contributed by atoms with E-state index in [1.54, 1.807) is 13.0 Å². The van der Waals surface area contributed by atoms with E-state index in [2.05, 4.69) is 4.72 Å². The van der Waals surface area contributed by atoms with Crippen LogP contribution in [0.25, 0.3) is 0 Å². The van der Waals surface area contributed by atoms with E-state index in [-0.39, 0.29) is 27.3 Å². The minimum atomic E-state index is -3.88. The van der Waals surface area contributed by atoms with Gasteiger partial charge in [0.2, 0.25) is 0 Å². The SMILES string of the molecule is CCOC(=O)[C@@H]1CCCN(c2ccc(NS(=O)(=O)c3ccc(Cl)s3)cc2C(=O)O)C1. The van der Waals surface area contributed by atoms with Gasteiger partial charge in [0.15, 0.2) is 0 Å². The number of esters is 1. The summed E-state index contributed by atoms with van der Waals surface area (Å²) in [5.41, 5.74) is 0.502. The molecule has 0 unspecified atom stereocenters. The largest absolute Gasteiger partial charge is 0.478 e. The van der Waals surface area contributed by atoms with E-state index in [0.29, 0.717) is 36.1 Å². The highest BCUT2D eigenvalue weighted by molar-refractivity contribution is 7.94. The number of hydrogen-bond donors (Lipinski definition) is 2. The number of carboxylic acid groups (broad SMARTS) is 1. The number of anilines is 2. The molecule has 3 rings (SSSR count). The zero-order valence-corrected chi connectivity index (χ0v) is 18.5. The molecule has 0 aliphatic carbocycles. The van der Waals surface area contributed by atoms with Crippen molar-refractivity contribution in [1.82, 2.24) is 0 Å². The molecule has 1 saturated heterocycles. The molecule has 30 heavy (non-hydrogen) atoms. The Bertz CT molecular complexity index is 1050. The number of nitrogens with zero attached hydrogens (tertiary/aromatic N) is 1. The van der Waals surface area contributed by atoms with E-state index in [9.17, 15) is 23.1 Å². The maximum Gasteiger partial charge on any atom is 0.337 e. The lowest BCUT2D eigenvalue weighted by atomic mass is 9.97. The summed E-state index contributed by atoms with van der Waals surface area (Å²) in [4.78, 5) is 25.8. The lowest BCUT2D eigenvalue weighted by Crippen LogP contribution is -2.40. The molecule has 0 amide bonds. The minimum absolute atomic E-state index is 0.0294. The molecule has 8 nitrogen and oxygen atoms in total. The lowest BCUT2D eigenvalue weighted by Gasteiger charge is -2.34. The van der Waals surface area contributed by atoms with Gasteiger partial charge in [0, 0.05) is 18.8 Å². The number of carbonyl (C=O) groups excluding carboxylic acids is 1. The van der Waals surface area contributed by atoms with Crippen molar-refractivity contribution < 1.29 is 27.9 Å². The summed E-state index contributed by atoms with van der Waals surface area (Å²) < 4.78 is 32.8. The van der Waals surface area contributed by atoms with E-state index in [1.807, 2.05) is 4.90 Å². The van der Waals surface area contributed by atoms with Crippen LogP contribution in [0.2, 0.25) is 4.34 Å². The maximum atomic E-state index is 12.5. The van der Waals surface area contributed by atoms with Gasteiger partial charge >= 0.3 is 11.9 Å². The van der Waals surface area contributed by atoms with Crippen molar-refractivity contribution in [1.29, 1.82) is 0 Å². The number of carbonyl (C=O) groups is 2. The molecule has 0 radical (unpaired) electrons. The van der Waals surface area contributed by atoms with Gasteiger partial charge in [-0.15, -0.1) is 11.3 Å². The number of piperidine rings is 1. The molecule has 2 heterocycles. The quantitative estimate of drug-likeness (QED) is 0.591. The molecule has 1 aromatic heterocycles. The molecule has 1 aliphatic heterocycles. The topological polar surface area (TPSA) is 113 Å². The van der Waals surface area contributed by atoms with Gasteiger partial charge in [-0.05, 0) is 50.1 Å². The molecule has 11 heteroatoms. The molecular weight excluding hydrogens is 452 g/mol. The zero-order valence-electron chi connectivity index (χ0n) is 16.1. The molecule has 1 fully saturated rings. The van der Waals surface area contributed by atoms with Gasteiger partial charge < -0.3 is 14.7 Å². The summed E-state index contributed by atoms with van der Waals surface area (Å²) in [6.07, 6.45) is 1.40. The van der Waals surface area contributed by atoms with Crippen LogP contribution in [0.3, 0.4) is 0 Å². The second-order valence-electron chi connectivity index (χ2n) is 6.74. The summed E-state index contributed by atoms with van der Waals surface area (Å²) in [5, 5.41) is 9.69. The van der Waals surface area contributed by atoms with Crippen LogP contribution in [0.1, 0.15) is 30.1 Å². The number of ether oxygens (including phenoxy) is 1. The fourth-order valence-electron chi connectivity index (χ4n) is 3.34.